The van der Waals surface area contributed by atoms with Crippen molar-refractivity contribution in [3.8, 4) is 16.6 Å². The lowest BCUT2D eigenvalue weighted by Crippen LogP contribution is -2.11. The summed E-state index contributed by atoms with van der Waals surface area (Å²) < 4.78 is 22.7. The molecule has 9 nitrogen and oxygen atoms in total. The minimum absolute atomic E-state index is 0.00867. The van der Waals surface area contributed by atoms with Gasteiger partial charge in [-0.2, -0.15) is 5.26 Å². The van der Waals surface area contributed by atoms with Gasteiger partial charge in [0.2, 0.25) is 16.0 Å². The van der Waals surface area contributed by atoms with Gasteiger partial charge in [-0.15, -0.1) is 0 Å². The molecule has 0 saturated carbocycles. The first-order valence-electron chi connectivity index (χ1n) is 7.64. The van der Waals surface area contributed by atoms with Crippen LogP contribution in [0.4, 0.5) is 16.8 Å². The van der Waals surface area contributed by atoms with Crippen molar-refractivity contribution >= 4 is 38.1 Å². The average Bonchev–Trinajstić information content (AvgIpc) is 3.02. The number of sulfonamides is 1. The molecular formula is C16H15N7O2S2. The van der Waals surface area contributed by atoms with Crippen LogP contribution >= 0.6 is 11.3 Å². The Kier molecular flexibility index (Phi) is 5.04. The summed E-state index contributed by atoms with van der Waals surface area (Å²) >= 11 is 1.39. The lowest BCUT2D eigenvalue weighted by atomic mass is 10.2. The van der Waals surface area contributed by atoms with Crippen LogP contribution < -0.4 is 15.8 Å². The van der Waals surface area contributed by atoms with Gasteiger partial charge in [-0.1, -0.05) is 11.3 Å². The molecule has 1 aromatic carbocycles. The predicted octanol–water partition coefficient (Wildman–Crippen LogP) is 2.21. The van der Waals surface area contributed by atoms with Crippen LogP contribution in [0.15, 0.2) is 35.4 Å². The second kappa shape index (κ2) is 7.28. The Morgan fingerprint density at radius 1 is 1.22 bits per heavy atom. The first kappa shape index (κ1) is 18.7. The molecule has 11 heteroatoms. The molecular weight excluding hydrogens is 386 g/mol. The first-order chi connectivity index (χ1) is 12.8. The van der Waals surface area contributed by atoms with Gasteiger partial charge in [-0.05, 0) is 31.2 Å². The monoisotopic (exact) mass is 401 g/mol. The summed E-state index contributed by atoms with van der Waals surface area (Å²) in [6.07, 6.45) is 1.43. The maximum atomic E-state index is 11.3. The van der Waals surface area contributed by atoms with E-state index >= 15 is 0 Å². The molecule has 0 amide bonds. The van der Waals surface area contributed by atoms with Crippen LogP contribution in [-0.4, -0.2) is 30.4 Å². The van der Waals surface area contributed by atoms with Gasteiger partial charge in [0.05, 0.1) is 27.2 Å². The molecule has 2 aromatic heterocycles. The molecule has 0 fully saturated rings. The van der Waals surface area contributed by atoms with E-state index in [1.807, 2.05) is 6.92 Å². The number of hydrogen-bond donors (Lipinski definition) is 3. The topological polar surface area (TPSA) is 147 Å². The van der Waals surface area contributed by atoms with Gasteiger partial charge in [0, 0.05) is 12.7 Å². The van der Waals surface area contributed by atoms with E-state index in [1.54, 1.807) is 19.2 Å². The van der Waals surface area contributed by atoms with Gasteiger partial charge in [0.1, 0.15) is 11.8 Å². The van der Waals surface area contributed by atoms with Crippen LogP contribution in [0.5, 0.6) is 0 Å². The highest BCUT2D eigenvalue weighted by atomic mass is 32.2. The number of aromatic nitrogens is 3. The summed E-state index contributed by atoms with van der Waals surface area (Å²) in [7, 11) is -1.99. The fourth-order valence-electron chi connectivity index (χ4n) is 2.28. The highest BCUT2D eigenvalue weighted by molar-refractivity contribution is 7.89. The van der Waals surface area contributed by atoms with E-state index in [-0.39, 0.29) is 10.8 Å². The molecule has 138 valence electrons. The Morgan fingerprint density at radius 2 is 1.93 bits per heavy atom. The maximum Gasteiger partial charge on any atom is 0.238 e. The molecule has 0 unspecified atom stereocenters. The number of rotatable bonds is 5. The molecule has 0 saturated heterocycles. The van der Waals surface area contributed by atoms with Crippen molar-refractivity contribution in [2.75, 3.05) is 17.7 Å². The van der Waals surface area contributed by atoms with Crippen LogP contribution in [0.25, 0.3) is 10.6 Å². The van der Waals surface area contributed by atoms with Gasteiger partial charge in [-0.3, -0.25) is 0 Å². The lowest BCUT2D eigenvalue weighted by Gasteiger charge is -2.08. The van der Waals surface area contributed by atoms with Crippen molar-refractivity contribution in [1.82, 2.24) is 15.0 Å². The zero-order valence-electron chi connectivity index (χ0n) is 14.4. The number of anilines is 3. The van der Waals surface area contributed by atoms with Gasteiger partial charge in [0.15, 0.2) is 5.13 Å². The molecule has 0 radical (unpaired) electrons. The predicted molar refractivity (Wildman–Crippen MR) is 103 cm³/mol. The van der Waals surface area contributed by atoms with E-state index in [4.69, 9.17) is 5.14 Å². The minimum atomic E-state index is -3.76. The fraction of sp³-hybridized carbons (Fsp3) is 0.125. The number of nitrogens with two attached hydrogens (primary N) is 1. The Labute approximate surface area is 160 Å². The highest BCUT2D eigenvalue weighted by Gasteiger charge is 2.16. The molecule has 4 N–H and O–H groups in total. The zero-order chi connectivity index (χ0) is 19.6. The summed E-state index contributed by atoms with van der Waals surface area (Å²) in [6, 6.07) is 7.96. The van der Waals surface area contributed by atoms with E-state index in [9.17, 15) is 13.7 Å². The number of nitrogens with one attached hydrogen (secondary N) is 2. The van der Waals surface area contributed by atoms with Crippen molar-refractivity contribution in [2.24, 2.45) is 5.14 Å². The summed E-state index contributed by atoms with van der Waals surface area (Å²) in [6.45, 7) is 1.84. The average molecular weight is 401 g/mol. The van der Waals surface area contributed by atoms with Crippen molar-refractivity contribution < 1.29 is 8.42 Å². The minimum Gasteiger partial charge on any atom is -0.365 e. The third kappa shape index (κ3) is 4.03. The normalized spacial score (nSPS) is 11.0. The molecule has 0 aliphatic heterocycles. The molecule has 0 aliphatic rings. The first-order valence-corrected chi connectivity index (χ1v) is 10.0. The molecule has 27 heavy (non-hydrogen) atoms. The van der Waals surface area contributed by atoms with E-state index in [0.717, 1.165) is 15.7 Å². The summed E-state index contributed by atoms with van der Waals surface area (Å²) in [4.78, 5) is 13.7. The van der Waals surface area contributed by atoms with Crippen molar-refractivity contribution in [2.45, 2.75) is 11.8 Å². The zero-order valence-corrected chi connectivity index (χ0v) is 16.0. The third-order valence-corrected chi connectivity index (χ3v) is 5.68. The standard InChI is InChI=1S/C16H15N7O2S2/c1-9-14(26-16(19-2)21-9)13-10(7-17)8-20-15(23-13)22-11-3-5-12(6-4-11)27(18,24)25/h3-6,8H,1-2H3,(H,19,21)(H2,18,24,25)(H,20,22,23). The Hall–Kier alpha value is -3.07. The number of nitrogens with zero attached hydrogens (tertiary/aromatic N) is 4. The molecule has 0 atom stereocenters. The van der Waals surface area contributed by atoms with Crippen molar-refractivity contribution in [3.63, 3.8) is 0 Å². The largest absolute Gasteiger partial charge is 0.365 e. The molecule has 2 heterocycles. The van der Waals surface area contributed by atoms with Crippen LogP contribution in [-0.2, 0) is 10.0 Å². The molecule has 0 bridgehead atoms. The quantitative estimate of drug-likeness (QED) is 0.589. The summed E-state index contributed by atoms with van der Waals surface area (Å²) in [5, 5.41) is 21.1. The van der Waals surface area contributed by atoms with Crippen LogP contribution in [0, 0.1) is 18.3 Å². The molecule has 3 aromatic rings. The van der Waals surface area contributed by atoms with Crippen molar-refractivity contribution in [1.29, 1.82) is 5.26 Å². The number of benzene rings is 1. The number of thiazole rings is 1. The van der Waals surface area contributed by atoms with Crippen molar-refractivity contribution in [3.05, 3.63) is 41.7 Å². The van der Waals surface area contributed by atoms with Gasteiger partial charge in [0.25, 0.3) is 0 Å². The van der Waals surface area contributed by atoms with Crippen LogP contribution in [0.1, 0.15) is 11.3 Å². The fourth-order valence-corrected chi connectivity index (χ4v) is 3.72. The molecule has 0 spiro atoms. The van der Waals surface area contributed by atoms with E-state index in [2.05, 4.69) is 31.7 Å². The second-order valence-corrected chi connectivity index (χ2v) is 8.01. The maximum absolute atomic E-state index is 11.3. The van der Waals surface area contributed by atoms with E-state index < -0.39 is 10.0 Å². The second-order valence-electron chi connectivity index (χ2n) is 5.45. The number of primary sulfonamides is 1. The van der Waals surface area contributed by atoms with Crippen LogP contribution in [0.2, 0.25) is 0 Å². The Morgan fingerprint density at radius 3 is 2.48 bits per heavy atom. The Balaban J connectivity index is 1.96. The smallest absolute Gasteiger partial charge is 0.238 e. The summed E-state index contributed by atoms with van der Waals surface area (Å²) in [5.74, 6) is 0.270. The number of aryl methyl sites for hydroxylation is 1. The van der Waals surface area contributed by atoms with Gasteiger partial charge < -0.3 is 10.6 Å². The van der Waals surface area contributed by atoms with Crippen LogP contribution in [0.3, 0.4) is 0 Å². The van der Waals surface area contributed by atoms with Gasteiger partial charge >= 0.3 is 0 Å². The SMILES string of the molecule is CNc1nc(C)c(-c2nc(Nc3ccc(S(N)(=O)=O)cc3)ncc2C#N)s1. The number of hydrogen-bond acceptors (Lipinski definition) is 9. The summed E-state index contributed by atoms with van der Waals surface area (Å²) in [5.41, 5.74) is 2.14. The molecule has 0 aliphatic carbocycles. The number of nitriles is 1. The van der Waals surface area contributed by atoms with E-state index in [1.165, 1.54) is 29.7 Å². The van der Waals surface area contributed by atoms with E-state index in [0.29, 0.717) is 16.9 Å². The van der Waals surface area contributed by atoms with Gasteiger partial charge in [-0.25, -0.2) is 28.5 Å². The Bertz CT molecular complexity index is 1130. The third-order valence-electron chi connectivity index (χ3n) is 3.57. The lowest BCUT2D eigenvalue weighted by molar-refractivity contribution is 0.598. The molecule has 3 rings (SSSR count). The highest BCUT2D eigenvalue weighted by Crippen LogP contribution is 2.33.